The zero-order chi connectivity index (χ0) is 33.7. The Bertz CT molecular complexity index is 1610. The van der Waals surface area contributed by atoms with Crippen molar-refractivity contribution in [3.05, 3.63) is 77.6 Å². The Kier molecular flexibility index (Phi) is 10.4. The van der Waals surface area contributed by atoms with Crippen molar-refractivity contribution in [2.24, 2.45) is 5.92 Å². The van der Waals surface area contributed by atoms with Crippen LogP contribution in [0.1, 0.15) is 55.3 Å². The van der Waals surface area contributed by atoms with Crippen molar-refractivity contribution >= 4 is 29.5 Å². The number of nitrogens with one attached hydrogen (secondary N) is 3. The third-order valence-electron chi connectivity index (χ3n) is 8.69. The minimum Gasteiger partial charge on any atom is -0.360 e. The number of nitrogens with zero attached hydrogens (tertiary/aromatic N) is 3. The van der Waals surface area contributed by atoms with E-state index in [4.69, 9.17) is 4.52 Å². The summed E-state index contributed by atoms with van der Waals surface area (Å²) in [4.78, 5) is 71.7. The first-order valence-electron chi connectivity index (χ1n) is 16.1. The van der Waals surface area contributed by atoms with E-state index in [9.17, 15) is 24.0 Å². The van der Waals surface area contributed by atoms with E-state index in [2.05, 4.69) is 21.1 Å². The Morgan fingerprint density at radius 2 is 1.64 bits per heavy atom. The van der Waals surface area contributed by atoms with E-state index >= 15 is 0 Å². The highest BCUT2D eigenvalue weighted by Gasteiger charge is 2.39. The summed E-state index contributed by atoms with van der Waals surface area (Å²) >= 11 is 0. The molecule has 2 aliphatic heterocycles. The van der Waals surface area contributed by atoms with Crippen molar-refractivity contribution in [3.8, 4) is 11.3 Å². The van der Waals surface area contributed by atoms with Crippen LogP contribution in [0, 0.1) is 12.8 Å². The molecule has 12 heteroatoms. The fourth-order valence-electron chi connectivity index (χ4n) is 6.27. The predicted molar refractivity (Wildman–Crippen MR) is 174 cm³/mol. The third kappa shape index (κ3) is 7.70. The Hall–Kier alpha value is -5.00. The summed E-state index contributed by atoms with van der Waals surface area (Å²) in [5, 5.41) is 12.9. The van der Waals surface area contributed by atoms with E-state index in [0.29, 0.717) is 37.1 Å². The van der Waals surface area contributed by atoms with Crippen LogP contribution >= 0.6 is 0 Å². The summed E-state index contributed by atoms with van der Waals surface area (Å²) in [5.41, 5.74) is 2.10. The lowest BCUT2D eigenvalue weighted by molar-refractivity contribution is -0.142. The molecule has 2 aliphatic rings. The molecule has 2 saturated heterocycles. The van der Waals surface area contributed by atoms with Crippen LogP contribution in [0.4, 0.5) is 0 Å². The molecule has 0 spiro atoms. The van der Waals surface area contributed by atoms with Gasteiger partial charge in [0.15, 0.2) is 0 Å². The van der Waals surface area contributed by atoms with Gasteiger partial charge in [-0.2, -0.15) is 0 Å². The average molecular weight is 643 g/mol. The van der Waals surface area contributed by atoms with Gasteiger partial charge in [0.2, 0.25) is 23.6 Å². The molecule has 1 aromatic heterocycles. The number of rotatable bonds is 5. The fourth-order valence-corrected chi connectivity index (χ4v) is 6.27. The molecule has 3 heterocycles. The molecule has 3 N–H and O–H groups in total. The number of amides is 5. The smallest absolute Gasteiger partial charge is 0.260 e. The van der Waals surface area contributed by atoms with Crippen molar-refractivity contribution in [1.82, 2.24) is 30.9 Å². The minimum atomic E-state index is -0.948. The Morgan fingerprint density at radius 1 is 0.957 bits per heavy atom. The van der Waals surface area contributed by atoms with Gasteiger partial charge in [0.25, 0.3) is 5.91 Å². The molecule has 3 aromatic rings. The number of benzene rings is 2. The molecule has 0 saturated carbocycles. The van der Waals surface area contributed by atoms with Gasteiger partial charge in [-0.15, -0.1) is 0 Å². The first kappa shape index (κ1) is 33.4. The second-order valence-corrected chi connectivity index (χ2v) is 12.6. The topological polar surface area (TPSA) is 154 Å². The van der Waals surface area contributed by atoms with E-state index in [1.807, 2.05) is 74.5 Å². The number of aromatic nitrogens is 1. The minimum absolute atomic E-state index is 0.0540. The Labute approximate surface area is 274 Å². The summed E-state index contributed by atoms with van der Waals surface area (Å²) in [6, 6.07) is 15.4. The lowest BCUT2D eigenvalue weighted by Crippen LogP contribution is -2.58. The lowest BCUT2D eigenvalue weighted by atomic mass is 10.00. The molecule has 248 valence electrons. The van der Waals surface area contributed by atoms with Gasteiger partial charge >= 0.3 is 0 Å². The summed E-state index contributed by atoms with van der Waals surface area (Å²) in [6.07, 6.45) is 1.41. The van der Waals surface area contributed by atoms with E-state index in [1.54, 1.807) is 13.8 Å². The molecule has 0 radical (unpaired) electrons. The van der Waals surface area contributed by atoms with Gasteiger partial charge in [0.05, 0.1) is 12.6 Å². The molecule has 5 amide bonds. The predicted octanol–water partition coefficient (Wildman–Crippen LogP) is 2.47. The van der Waals surface area contributed by atoms with E-state index in [-0.39, 0.29) is 23.8 Å². The van der Waals surface area contributed by atoms with Crippen LogP contribution in [-0.2, 0) is 25.6 Å². The Balaban J connectivity index is 1.55. The highest BCUT2D eigenvalue weighted by Crippen LogP contribution is 2.27. The quantitative estimate of drug-likeness (QED) is 0.387. The standard InChI is InChI=1S/C35H42N6O6/c1-21(2)30-33(44)37-26(18-24-12-7-5-8-13-24)19-40(35(46)29-23(4)47-39-31(29)25-14-9-6-10-15-25)20-28(42)36-22(3)34(45)41-17-11-16-27(41)32(43)38-30/h5-10,12-15,21-22,26-27,30H,11,16-20H2,1-4H3,(H,36,42)(H,37,44)(H,38,43)/t22-,26-,27+,30-/m0/s1. The molecule has 2 aromatic carbocycles. The SMILES string of the molecule is Cc1onc(-c2ccccc2)c1C(=O)N1CC(=O)N[C@@H](C)C(=O)N2CCC[C@@H]2C(=O)N[C@@H](C(C)C)C(=O)N[C@@H](Cc2ccccc2)C1. The van der Waals surface area contributed by atoms with Crippen LogP contribution in [0.5, 0.6) is 0 Å². The van der Waals surface area contributed by atoms with Gasteiger partial charge in [-0.3, -0.25) is 24.0 Å². The average Bonchev–Trinajstić information content (AvgIpc) is 3.70. The van der Waals surface area contributed by atoms with Crippen LogP contribution in [0.15, 0.2) is 65.2 Å². The van der Waals surface area contributed by atoms with Crippen molar-refractivity contribution < 1.29 is 28.5 Å². The summed E-state index contributed by atoms with van der Waals surface area (Å²) < 4.78 is 5.47. The van der Waals surface area contributed by atoms with Gasteiger partial charge in [-0.25, -0.2) is 0 Å². The Morgan fingerprint density at radius 3 is 2.32 bits per heavy atom. The first-order valence-corrected chi connectivity index (χ1v) is 16.1. The monoisotopic (exact) mass is 642 g/mol. The number of hydrogen-bond acceptors (Lipinski definition) is 7. The highest BCUT2D eigenvalue weighted by molar-refractivity contribution is 6.02. The number of carbonyl (C=O) groups excluding carboxylic acids is 5. The second kappa shape index (κ2) is 14.6. The molecule has 4 atom stereocenters. The maximum absolute atomic E-state index is 14.4. The summed E-state index contributed by atoms with van der Waals surface area (Å²) in [7, 11) is 0. The van der Waals surface area contributed by atoms with Crippen LogP contribution in [0.2, 0.25) is 0 Å². The maximum atomic E-state index is 14.4. The number of carbonyl (C=O) groups is 5. The zero-order valence-electron chi connectivity index (χ0n) is 27.2. The lowest BCUT2D eigenvalue weighted by Gasteiger charge is -2.31. The van der Waals surface area contributed by atoms with Gasteiger partial charge in [-0.05, 0) is 44.6 Å². The summed E-state index contributed by atoms with van der Waals surface area (Å²) in [5.74, 6) is -2.30. The zero-order valence-corrected chi connectivity index (χ0v) is 27.2. The normalized spacial score (nSPS) is 23.0. The molecule has 0 aliphatic carbocycles. The van der Waals surface area contributed by atoms with Crippen molar-refractivity contribution in [2.75, 3.05) is 19.6 Å². The molecule has 0 bridgehead atoms. The fraction of sp³-hybridized carbons (Fsp3) is 0.429. The number of fused-ring (bicyclic) bond motifs is 1. The molecule has 5 rings (SSSR count). The van der Waals surface area contributed by atoms with Crippen molar-refractivity contribution in [2.45, 2.75) is 71.1 Å². The summed E-state index contributed by atoms with van der Waals surface area (Å²) in [6.45, 7) is 6.77. The molecule has 12 nitrogen and oxygen atoms in total. The van der Waals surface area contributed by atoms with Crippen LogP contribution in [-0.4, -0.2) is 88.3 Å². The third-order valence-corrected chi connectivity index (χ3v) is 8.69. The van der Waals surface area contributed by atoms with Crippen LogP contribution < -0.4 is 16.0 Å². The van der Waals surface area contributed by atoms with E-state index in [1.165, 1.54) is 9.80 Å². The van der Waals surface area contributed by atoms with Crippen LogP contribution in [0.25, 0.3) is 11.3 Å². The largest absolute Gasteiger partial charge is 0.360 e. The van der Waals surface area contributed by atoms with Crippen molar-refractivity contribution in [1.29, 1.82) is 0 Å². The van der Waals surface area contributed by atoms with Crippen molar-refractivity contribution in [3.63, 3.8) is 0 Å². The second-order valence-electron chi connectivity index (χ2n) is 12.6. The molecule has 0 unspecified atom stereocenters. The van der Waals surface area contributed by atoms with Gasteiger partial charge in [0, 0.05) is 18.7 Å². The number of hydrogen-bond donors (Lipinski definition) is 3. The molecule has 47 heavy (non-hydrogen) atoms. The van der Waals surface area contributed by atoms with Gasteiger partial charge in [-0.1, -0.05) is 79.7 Å². The van der Waals surface area contributed by atoms with E-state index in [0.717, 1.165) is 5.56 Å². The van der Waals surface area contributed by atoms with Gasteiger partial charge < -0.3 is 30.3 Å². The first-order chi connectivity index (χ1) is 22.5. The number of aryl methyl sites for hydroxylation is 1. The van der Waals surface area contributed by atoms with Gasteiger partial charge in [0.1, 0.15) is 35.1 Å². The van der Waals surface area contributed by atoms with Crippen LogP contribution in [0.3, 0.4) is 0 Å². The highest BCUT2D eigenvalue weighted by atomic mass is 16.5. The van der Waals surface area contributed by atoms with E-state index < -0.39 is 60.2 Å². The molecular weight excluding hydrogens is 600 g/mol. The molecular formula is C35H42N6O6. The maximum Gasteiger partial charge on any atom is 0.260 e. The molecule has 2 fully saturated rings.